The van der Waals surface area contributed by atoms with Gasteiger partial charge in [-0.05, 0) is 30.3 Å². The normalized spacial score (nSPS) is 20.1. The molecule has 0 saturated heterocycles. The van der Waals surface area contributed by atoms with Crippen LogP contribution in [0.1, 0.15) is 6.42 Å². The summed E-state index contributed by atoms with van der Waals surface area (Å²) in [6.45, 7) is 0. The predicted octanol–water partition coefficient (Wildman–Crippen LogP) is 3.45. The number of rotatable bonds is 4. The summed E-state index contributed by atoms with van der Waals surface area (Å²) in [4.78, 5) is 4.69. The smallest absolute Gasteiger partial charge is 0.162 e. The van der Waals surface area contributed by atoms with Gasteiger partial charge in [-0.2, -0.15) is 0 Å². The van der Waals surface area contributed by atoms with E-state index < -0.39 is 0 Å². The molecule has 1 unspecified atom stereocenters. The molecule has 3 aromatic rings. The van der Waals surface area contributed by atoms with E-state index in [0.29, 0.717) is 0 Å². The highest BCUT2D eigenvalue weighted by Gasteiger charge is 2.36. The zero-order valence-electron chi connectivity index (χ0n) is 12.2. The minimum Gasteiger partial charge on any atom is -0.493 e. The largest absolute Gasteiger partial charge is 0.493 e. The van der Waals surface area contributed by atoms with E-state index in [0.717, 1.165) is 34.0 Å². The molecular weight excluding hydrogens is 296 g/mol. The first-order valence-electron chi connectivity index (χ1n) is 7.21. The highest BCUT2D eigenvalue weighted by Crippen LogP contribution is 2.38. The van der Waals surface area contributed by atoms with Crippen molar-refractivity contribution >= 4 is 21.6 Å². The number of nitrogens with two attached hydrogens (primary N) is 1. The van der Waals surface area contributed by atoms with Gasteiger partial charge in [0.25, 0.3) is 0 Å². The van der Waals surface area contributed by atoms with E-state index in [1.165, 1.54) is 4.70 Å². The van der Waals surface area contributed by atoms with Crippen LogP contribution in [0.4, 0.5) is 0 Å². The number of para-hydroxylation sites is 1. The lowest BCUT2D eigenvalue weighted by Gasteiger charge is -2.11. The van der Waals surface area contributed by atoms with Gasteiger partial charge in [-0.25, -0.2) is 4.98 Å². The molecule has 0 radical (unpaired) electrons. The minimum atomic E-state index is 0.0968. The van der Waals surface area contributed by atoms with Gasteiger partial charge < -0.3 is 15.2 Å². The molecule has 4 rings (SSSR count). The van der Waals surface area contributed by atoms with Crippen LogP contribution in [-0.4, -0.2) is 24.2 Å². The van der Waals surface area contributed by atoms with Crippen molar-refractivity contribution in [2.75, 3.05) is 7.11 Å². The number of hydrogen-bond acceptors (Lipinski definition) is 5. The van der Waals surface area contributed by atoms with Crippen LogP contribution in [0, 0.1) is 0 Å². The molecule has 1 aliphatic carbocycles. The number of nitrogens with zero attached hydrogens (tertiary/aromatic N) is 1. The molecule has 2 N–H and O–H groups in total. The van der Waals surface area contributed by atoms with E-state index in [4.69, 9.17) is 15.2 Å². The van der Waals surface area contributed by atoms with Crippen molar-refractivity contribution in [1.82, 2.24) is 4.98 Å². The van der Waals surface area contributed by atoms with Crippen molar-refractivity contribution < 1.29 is 9.47 Å². The molecule has 112 valence electrons. The van der Waals surface area contributed by atoms with Crippen LogP contribution in [0.2, 0.25) is 0 Å². The van der Waals surface area contributed by atoms with E-state index >= 15 is 0 Å². The van der Waals surface area contributed by atoms with Gasteiger partial charge in [-0.3, -0.25) is 0 Å². The highest BCUT2D eigenvalue weighted by atomic mass is 32.1. The quantitative estimate of drug-likeness (QED) is 0.801. The lowest BCUT2D eigenvalue weighted by atomic mass is 10.2. The van der Waals surface area contributed by atoms with E-state index in [2.05, 4.69) is 11.1 Å². The number of hydrogen-bond donors (Lipinski definition) is 1. The maximum atomic E-state index is 5.92. The van der Waals surface area contributed by atoms with Gasteiger partial charge in [0, 0.05) is 18.0 Å². The first-order valence-corrected chi connectivity index (χ1v) is 8.02. The SMILES string of the molecule is COc1ccc(-c2nc3ccccc3s2)cc1O[C@H]1CC1N. The van der Waals surface area contributed by atoms with Gasteiger partial charge in [0.15, 0.2) is 11.5 Å². The summed E-state index contributed by atoms with van der Waals surface area (Å²) >= 11 is 1.68. The van der Waals surface area contributed by atoms with Crippen molar-refractivity contribution in [3.63, 3.8) is 0 Å². The Bertz CT molecular complexity index is 797. The standard InChI is InChI=1S/C17H16N2O2S/c1-20-13-7-6-10(8-15(13)21-14-9-11(14)18)17-19-12-4-2-3-5-16(12)22-17/h2-8,11,14H,9,18H2,1H3/t11?,14-/m0/s1. The van der Waals surface area contributed by atoms with Gasteiger partial charge >= 0.3 is 0 Å². The topological polar surface area (TPSA) is 57.4 Å². The fraction of sp³-hybridized carbons (Fsp3) is 0.235. The third-order valence-electron chi connectivity index (χ3n) is 3.76. The number of benzene rings is 2. The Kier molecular flexibility index (Phi) is 3.24. The van der Waals surface area contributed by atoms with Gasteiger partial charge in [0.1, 0.15) is 11.1 Å². The van der Waals surface area contributed by atoms with E-state index in [1.54, 1.807) is 18.4 Å². The zero-order chi connectivity index (χ0) is 15.1. The Morgan fingerprint density at radius 2 is 2.00 bits per heavy atom. The number of thiazole rings is 1. The average molecular weight is 312 g/mol. The van der Waals surface area contributed by atoms with Gasteiger partial charge in [0.05, 0.1) is 17.3 Å². The van der Waals surface area contributed by atoms with Crippen LogP contribution in [0.15, 0.2) is 42.5 Å². The molecule has 0 bridgehead atoms. The molecule has 0 amide bonds. The Morgan fingerprint density at radius 1 is 1.18 bits per heavy atom. The summed E-state index contributed by atoms with van der Waals surface area (Å²) in [5.74, 6) is 1.46. The van der Waals surface area contributed by atoms with Crippen molar-refractivity contribution in [1.29, 1.82) is 0 Å². The number of aromatic nitrogens is 1. The first-order chi connectivity index (χ1) is 10.7. The Morgan fingerprint density at radius 3 is 2.73 bits per heavy atom. The average Bonchev–Trinajstić information content (AvgIpc) is 3.07. The Labute approximate surface area is 132 Å². The van der Waals surface area contributed by atoms with Crippen LogP contribution in [0.25, 0.3) is 20.8 Å². The molecule has 2 aromatic carbocycles. The van der Waals surface area contributed by atoms with Crippen molar-refractivity contribution in [2.45, 2.75) is 18.6 Å². The maximum absolute atomic E-state index is 5.92. The molecule has 0 spiro atoms. The van der Waals surface area contributed by atoms with Gasteiger partial charge in [-0.15, -0.1) is 11.3 Å². The summed E-state index contributed by atoms with van der Waals surface area (Å²) < 4.78 is 12.5. The lowest BCUT2D eigenvalue weighted by molar-refractivity contribution is 0.277. The molecule has 4 nitrogen and oxygen atoms in total. The molecule has 2 atom stereocenters. The molecule has 5 heteroatoms. The second-order valence-electron chi connectivity index (χ2n) is 5.41. The van der Waals surface area contributed by atoms with Crippen LogP contribution in [0.3, 0.4) is 0 Å². The van der Waals surface area contributed by atoms with Crippen molar-refractivity contribution in [3.05, 3.63) is 42.5 Å². The molecule has 0 aliphatic heterocycles. The van der Waals surface area contributed by atoms with Crippen LogP contribution >= 0.6 is 11.3 Å². The van der Waals surface area contributed by atoms with Gasteiger partial charge in [-0.1, -0.05) is 12.1 Å². The molecule has 22 heavy (non-hydrogen) atoms. The van der Waals surface area contributed by atoms with Crippen LogP contribution in [-0.2, 0) is 0 Å². The molecule has 1 fully saturated rings. The lowest BCUT2D eigenvalue weighted by Crippen LogP contribution is -2.11. The summed E-state index contributed by atoms with van der Waals surface area (Å²) in [5, 5.41) is 0.980. The van der Waals surface area contributed by atoms with Gasteiger partial charge in [0.2, 0.25) is 0 Å². The second kappa shape index (κ2) is 5.26. The highest BCUT2D eigenvalue weighted by molar-refractivity contribution is 7.21. The summed E-state index contributed by atoms with van der Waals surface area (Å²) in [6, 6.07) is 14.2. The number of methoxy groups -OCH3 is 1. The summed E-state index contributed by atoms with van der Waals surface area (Å²) in [7, 11) is 1.65. The summed E-state index contributed by atoms with van der Waals surface area (Å²) in [6.07, 6.45) is 0.994. The molecule has 1 aliphatic rings. The van der Waals surface area contributed by atoms with Crippen LogP contribution in [0.5, 0.6) is 11.5 Å². The second-order valence-corrected chi connectivity index (χ2v) is 6.44. The first kappa shape index (κ1) is 13.5. The van der Waals surface area contributed by atoms with Crippen molar-refractivity contribution in [2.24, 2.45) is 5.73 Å². The number of ether oxygens (including phenoxy) is 2. The monoisotopic (exact) mass is 312 g/mol. The molecule has 1 saturated carbocycles. The van der Waals surface area contributed by atoms with E-state index in [9.17, 15) is 0 Å². The molecular formula is C17H16N2O2S. The van der Waals surface area contributed by atoms with Crippen molar-refractivity contribution in [3.8, 4) is 22.1 Å². The fourth-order valence-electron chi connectivity index (χ4n) is 2.39. The Balaban J connectivity index is 1.73. The fourth-order valence-corrected chi connectivity index (χ4v) is 3.35. The predicted molar refractivity (Wildman–Crippen MR) is 88.6 cm³/mol. The third kappa shape index (κ3) is 2.42. The maximum Gasteiger partial charge on any atom is 0.162 e. The molecule has 1 heterocycles. The van der Waals surface area contributed by atoms with E-state index in [-0.39, 0.29) is 12.1 Å². The van der Waals surface area contributed by atoms with Crippen LogP contribution < -0.4 is 15.2 Å². The zero-order valence-corrected chi connectivity index (χ0v) is 13.0. The Hall–Kier alpha value is -2.11. The summed E-state index contributed by atoms with van der Waals surface area (Å²) in [5.41, 5.74) is 7.88. The number of fused-ring (bicyclic) bond motifs is 1. The molecule has 1 aromatic heterocycles. The minimum absolute atomic E-state index is 0.0968. The van der Waals surface area contributed by atoms with E-state index in [1.807, 2.05) is 36.4 Å². The third-order valence-corrected chi connectivity index (χ3v) is 4.85.